The number of methoxy groups -OCH3 is 1. The van der Waals surface area contributed by atoms with E-state index in [0.717, 1.165) is 25.7 Å². The minimum absolute atomic E-state index is 0.179. The van der Waals surface area contributed by atoms with Crippen LogP contribution < -0.4 is 0 Å². The molecule has 0 aromatic rings. The molecule has 0 bridgehead atoms. The fourth-order valence-corrected chi connectivity index (χ4v) is 4.52. The maximum absolute atomic E-state index is 12.1. The van der Waals surface area contributed by atoms with Gasteiger partial charge in [-0.25, -0.2) is 0 Å². The van der Waals surface area contributed by atoms with E-state index in [4.69, 9.17) is 4.74 Å². The number of hydrogen-bond donors (Lipinski definition) is 1. The Morgan fingerprint density at radius 3 is 1.78 bits per heavy atom. The molecule has 0 radical (unpaired) electrons. The molecule has 18 heavy (non-hydrogen) atoms. The van der Waals surface area contributed by atoms with Crippen LogP contribution in [0, 0.1) is 17.3 Å². The van der Waals surface area contributed by atoms with Crippen LogP contribution in [0.2, 0.25) is 0 Å². The van der Waals surface area contributed by atoms with Crippen LogP contribution in [0.5, 0.6) is 0 Å². The van der Waals surface area contributed by atoms with E-state index in [-0.39, 0.29) is 6.10 Å². The highest BCUT2D eigenvalue weighted by Gasteiger charge is 2.56. The highest BCUT2D eigenvalue weighted by molar-refractivity contribution is 5.76. The van der Waals surface area contributed by atoms with Crippen LogP contribution >= 0.6 is 0 Å². The molecule has 0 aromatic carbocycles. The molecule has 2 rings (SSSR count). The summed E-state index contributed by atoms with van der Waals surface area (Å²) in [7, 11) is 1.66. The zero-order valence-corrected chi connectivity index (χ0v) is 11.7. The number of hydrogen-bond acceptors (Lipinski definition) is 2. The van der Waals surface area contributed by atoms with Gasteiger partial charge in [-0.3, -0.25) is 4.79 Å². The molecule has 1 atom stereocenters. The van der Waals surface area contributed by atoms with E-state index in [1.165, 1.54) is 25.7 Å². The van der Waals surface area contributed by atoms with Crippen LogP contribution in [0.25, 0.3) is 0 Å². The van der Waals surface area contributed by atoms with E-state index in [0.29, 0.717) is 11.8 Å². The second-order valence-electron chi connectivity index (χ2n) is 6.08. The lowest BCUT2D eigenvalue weighted by molar-refractivity contribution is -0.172. The first-order valence-electron chi connectivity index (χ1n) is 7.40. The minimum Gasteiger partial charge on any atom is -0.481 e. The van der Waals surface area contributed by atoms with E-state index in [1.807, 2.05) is 6.92 Å². The Kier molecular flexibility index (Phi) is 4.31. The van der Waals surface area contributed by atoms with Crippen molar-refractivity contribution in [2.45, 2.75) is 64.4 Å². The Hall–Kier alpha value is -0.570. The summed E-state index contributed by atoms with van der Waals surface area (Å²) in [6.07, 6.45) is 8.82. The summed E-state index contributed by atoms with van der Waals surface area (Å²) in [5.41, 5.74) is -0.637. The van der Waals surface area contributed by atoms with Gasteiger partial charge in [0.25, 0.3) is 0 Å². The van der Waals surface area contributed by atoms with Crippen molar-refractivity contribution in [2.24, 2.45) is 17.3 Å². The van der Waals surface area contributed by atoms with Crippen LogP contribution in [-0.2, 0) is 9.53 Å². The van der Waals surface area contributed by atoms with Crippen molar-refractivity contribution < 1.29 is 14.6 Å². The van der Waals surface area contributed by atoms with E-state index >= 15 is 0 Å². The lowest BCUT2D eigenvalue weighted by atomic mass is 9.62. The van der Waals surface area contributed by atoms with Crippen LogP contribution in [0.15, 0.2) is 0 Å². The van der Waals surface area contributed by atoms with E-state index in [2.05, 4.69) is 0 Å². The number of ether oxygens (including phenoxy) is 1. The molecule has 0 aromatic heterocycles. The minimum atomic E-state index is -0.637. The molecule has 2 aliphatic carbocycles. The van der Waals surface area contributed by atoms with Gasteiger partial charge in [-0.15, -0.1) is 0 Å². The molecule has 3 heteroatoms. The molecule has 3 nitrogen and oxygen atoms in total. The third-order valence-electron chi connectivity index (χ3n) is 5.46. The fourth-order valence-electron chi connectivity index (χ4n) is 4.52. The number of carboxylic acid groups (broad SMARTS) is 1. The van der Waals surface area contributed by atoms with Gasteiger partial charge in [0.05, 0.1) is 11.5 Å². The Bertz CT molecular complexity index is 272. The number of carboxylic acids is 1. The summed E-state index contributed by atoms with van der Waals surface area (Å²) < 4.78 is 5.52. The normalized spacial score (nSPS) is 24.6. The monoisotopic (exact) mass is 254 g/mol. The van der Waals surface area contributed by atoms with Crippen molar-refractivity contribution in [3.8, 4) is 0 Å². The summed E-state index contributed by atoms with van der Waals surface area (Å²) in [4.78, 5) is 12.1. The summed E-state index contributed by atoms with van der Waals surface area (Å²) in [6, 6.07) is 0. The van der Waals surface area contributed by atoms with Crippen molar-refractivity contribution in [1.29, 1.82) is 0 Å². The Morgan fingerprint density at radius 1 is 1.11 bits per heavy atom. The maximum atomic E-state index is 12.1. The second-order valence-corrected chi connectivity index (χ2v) is 6.08. The third-order valence-corrected chi connectivity index (χ3v) is 5.46. The highest BCUT2D eigenvalue weighted by atomic mass is 16.5. The zero-order valence-electron chi connectivity index (χ0n) is 11.7. The van der Waals surface area contributed by atoms with Gasteiger partial charge < -0.3 is 9.84 Å². The lowest BCUT2D eigenvalue weighted by Gasteiger charge is -2.44. The van der Waals surface area contributed by atoms with Crippen molar-refractivity contribution >= 4 is 5.97 Å². The Balaban J connectivity index is 2.35. The van der Waals surface area contributed by atoms with Gasteiger partial charge in [0.15, 0.2) is 0 Å². The largest absolute Gasteiger partial charge is 0.481 e. The number of carbonyl (C=O) groups is 1. The third kappa shape index (κ3) is 2.07. The van der Waals surface area contributed by atoms with Crippen LogP contribution in [0.3, 0.4) is 0 Å². The molecule has 1 unspecified atom stereocenters. The molecular formula is C15H26O3. The summed E-state index contributed by atoms with van der Waals surface area (Å²) in [5, 5.41) is 9.97. The Morgan fingerprint density at radius 2 is 1.50 bits per heavy atom. The average Bonchev–Trinajstić information content (AvgIpc) is 3.01. The topological polar surface area (TPSA) is 46.5 Å². The van der Waals surface area contributed by atoms with Crippen molar-refractivity contribution in [2.75, 3.05) is 7.11 Å². The summed E-state index contributed by atoms with van der Waals surface area (Å²) in [6.45, 7) is 1.96. The second kappa shape index (κ2) is 5.60. The molecule has 104 valence electrons. The summed E-state index contributed by atoms with van der Waals surface area (Å²) in [5.74, 6) is 0.0109. The van der Waals surface area contributed by atoms with Crippen molar-refractivity contribution in [3.05, 3.63) is 0 Å². The maximum Gasteiger partial charge on any atom is 0.312 e. The average molecular weight is 254 g/mol. The van der Waals surface area contributed by atoms with Gasteiger partial charge in [-0.05, 0) is 44.4 Å². The zero-order chi connectivity index (χ0) is 13.2. The molecule has 0 aliphatic heterocycles. The molecule has 2 fully saturated rings. The quantitative estimate of drug-likeness (QED) is 0.817. The molecule has 0 heterocycles. The molecule has 2 aliphatic rings. The van der Waals surface area contributed by atoms with E-state index in [9.17, 15) is 9.90 Å². The first-order chi connectivity index (χ1) is 8.64. The van der Waals surface area contributed by atoms with Crippen molar-refractivity contribution in [1.82, 2.24) is 0 Å². The predicted molar refractivity (Wildman–Crippen MR) is 70.5 cm³/mol. The first kappa shape index (κ1) is 13.9. The van der Waals surface area contributed by atoms with Gasteiger partial charge in [0.1, 0.15) is 0 Å². The highest BCUT2D eigenvalue weighted by Crippen LogP contribution is 2.53. The number of rotatable bonds is 5. The summed E-state index contributed by atoms with van der Waals surface area (Å²) >= 11 is 0. The molecule has 2 saturated carbocycles. The molecule has 0 amide bonds. The van der Waals surface area contributed by atoms with Gasteiger partial charge in [0, 0.05) is 7.11 Å². The van der Waals surface area contributed by atoms with E-state index in [1.54, 1.807) is 7.11 Å². The van der Waals surface area contributed by atoms with Gasteiger partial charge in [0.2, 0.25) is 0 Å². The van der Waals surface area contributed by atoms with Crippen LogP contribution in [-0.4, -0.2) is 24.3 Å². The van der Waals surface area contributed by atoms with Crippen LogP contribution in [0.4, 0.5) is 0 Å². The van der Waals surface area contributed by atoms with Gasteiger partial charge in [-0.1, -0.05) is 25.7 Å². The standard InChI is InChI=1S/C15H26O3/c1-11(18-2)15(14(16)17,12-7-3-4-8-12)13-9-5-6-10-13/h11-13H,3-10H2,1-2H3,(H,16,17). The van der Waals surface area contributed by atoms with Crippen LogP contribution in [0.1, 0.15) is 58.3 Å². The molecule has 0 spiro atoms. The molecule has 0 saturated heterocycles. The smallest absolute Gasteiger partial charge is 0.312 e. The van der Waals surface area contributed by atoms with Gasteiger partial charge in [-0.2, -0.15) is 0 Å². The Labute approximate surface area is 110 Å². The molecular weight excluding hydrogens is 228 g/mol. The lowest BCUT2D eigenvalue weighted by Crippen LogP contribution is -2.52. The SMILES string of the molecule is COC(C)C(C(=O)O)(C1CCCC1)C1CCCC1. The number of aliphatic carboxylic acids is 1. The predicted octanol–water partition coefficient (Wildman–Crippen LogP) is 3.47. The van der Waals surface area contributed by atoms with Crippen molar-refractivity contribution in [3.63, 3.8) is 0 Å². The molecule has 1 N–H and O–H groups in total. The first-order valence-corrected chi connectivity index (χ1v) is 7.40. The fraction of sp³-hybridized carbons (Fsp3) is 0.933. The van der Waals surface area contributed by atoms with E-state index < -0.39 is 11.4 Å². The van der Waals surface area contributed by atoms with Gasteiger partial charge >= 0.3 is 5.97 Å².